The zero-order chi connectivity index (χ0) is 22.4. The Bertz CT molecular complexity index is 1120. The van der Waals surface area contributed by atoms with Crippen molar-refractivity contribution in [3.8, 4) is 11.1 Å². The van der Waals surface area contributed by atoms with Gasteiger partial charge in [0, 0.05) is 68.5 Å². The Hall–Kier alpha value is -2.98. The molecule has 0 aliphatic carbocycles. The SMILES string of the molecule is O=S(=O)(CCCCc1ncccn1)N1CCN(c2ncc(-c3ccccc3F)cn2)CC1. The highest BCUT2D eigenvalue weighted by molar-refractivity contribution is 7.89. The first kappa shape index (κ1) is 22.2. The number of sulfonamides is 1. The van der Waals surface area contributed by atoms with Crippen LogP contribution in [0.1, 0.15) is 18.7 Å². The molecule has 3 heterocycles. The molecule has 1 fully saturated rings. The van der Waals surface area contributed by atoms with Crippen molar-refractivity contribution in [1.82, 2.24) is 24.2 Å². The lowest BCUT2D eigenvalue weighted by atomic mass is 10.1. The minimum Gasteiger partial charge on any atom is -0.338 e. The third kappa shape index (κ3) is 5.43. The van der Waals surface area contributed by atoms with Crippen LogP contribution in [0.15, 0.2) is 55.1 Å². The van der Waals surface area contributed by atoms with E-state index in [1.165, 1.54) is 10.4 Å². The molecule has 1 saturated heterocycles. The maximum Gasteiger partial charge on any atom is 0.225 e. The van der Waals surface area contributed by atoms with Crippen LogP contribution in [0.2, 0.25) is 0 Å². The number of piperazine rings is 1. The molecule has 0 N–H and O–H groups in total. The van der Waals surface area contributed by atoms with E-state index in [0.717, 1.165) is 12.2 Å². The Morgan fingerprint density at radius 2 is 1.56 bits per heavy atom. The lowest BCUT2D eigenvalue weighted by Crippen LogP contribution is -2.49. The number of aromatic nitrogens is 4. The molecule has 0 unspecified atom stereocenters. The summed E-state index contributed by atoms with van der Waals surface area (Å²) in [7, 11) is -3.31. The molecule has 0 spiro atoms. The zero-order valence-corrected chi connectivity index (χ0v) is 18.5. The van der Waals surface area contributed by atoms with Gasteiger partial charge in [-0.1, -0.05) is 18.2 Å². The van der Waals surface area contributed by atoms with Gasteiger partial charge in [0.25, 0.3) is 0 Å². The number of unbranched alkanes of at least 4 members (excludes halogenated alkanes) is 1. The maximum absolute atomic E-state index is 13.9. The van der Waals surface area contributed by atoms with E-state index >= 15 is 0 Å². The van der Waals surface area contributed by atoms with Crippen molar-refractivity contribution in [3.05, 3.63) is 66.8 Å². The highest BCUT2D eigenvalue weighted by Gasteiger charge is 2.27. The smallest absolute Gasteiger partial charge is 0.225 e. The standard InChI is InChI=1S/C22H25FN6O2S/c23-20-7-2-1-6-19(20)18-16-26-22(27-17-18)28-11-13-29(14-12-28)32(30,31)15-4-3-8-21-24-9-5-10-25-21/h1-2,5-7,9-10,16-17H,3-4,8,11-15H2. The van der Waals surface area contributed by atoms with Gasteiger partial charge in [-0.2, -0.15) is 4.31 Å². The topological polar surface area (TPSA) is 92.2 Å². The minimum atomic E-state index is -3.31. The zero-order valence-electron chi connectivity index (χ0n) is 17.6. The van der Waals surface area contributed by atoms with Crippen molar-refractivity contribution < 1.29 is 12.8 Å². The molecule has 2 aromatic heterocycles. The Balaban J connectivity index is 1.27. The fraction of sp³-hybridized carbons (Fsp3) is 0.364. The van der Waals surface area contributed by atoms with Gasteiger partial charge in [0.2, 0.25) is 16.0 Å². The van der Waals surface area contributed by atoms with Gasteiger partial charge in [-0.3, -0.25) is 0 Å². The van der Waals surface area contributed by atoms with E-state index in [0.29, 0.717) is 56.1 Å². The average Bonchev–Trinajstić information content (AvgIpc) is 2.83. The second-order valence-corrected chi connectivity index (χ2v) is 9.66. The highest BCUT2D eigenvalue weighted by atomic mass is 32.2. The first-order valence-electron chi connectivity index (χ1n) is 10.6. The molecule has 10 heteroatoms. The second kappa shape index (κ2) is 10.1. The van der Waals surface area contributed by atoms with Gasteiger partial charge in [0.05, 0.1) is 5.75 Å². The lowest BCUT2D eigenvalue weighted by Gasteiger charge is -2.34. The molecule has 1 aliphatic heterocycles. The van der Waals surface area contributed by atoms with Crippen LogP contribution in [0, 0.1) is 5.82 Å². The van der Waals surface area contributed by atoms with Crippen LogP contribution in [-0.4, -0.2) is 64.6 Å². The van der Waals surface area contributed by atoms with Gasteiger partial charge in [-0.25, -0.2) is 32.7 Å². The molecule has 1 aromatic carbocycles. The van der Waals surface area contributed by atoms with Gasteiger partial charge in [0.1, 0.15) is 11.6 Å². The van der Waals surface area contributed by atoms with Crippen LogP contribution in [0.5, 0.6) is 0 Å². The summed E-state index contributed by atoms with van der Waals surface area (Å²) >= 11 is 0. The van der Waals surface area contributed by atoms with Crippen molar-refractivity contribution in [1.29, 1.82) is 0 Å². The van der Waals surface area contributed by atoms with Crippen LogP contribution in [0.3, 0.4) is 0 Å². The van der Waals surface area contributed by atoms with Gasteiger partial charge in [-0.05, 0) is 25.0 Å². The van der Waals surface area contributed by atoms with Gasteiger partial charge >= 0.3 is 0 Å². The fourth-order valence-electron chi connectivity index (χ4n) is 3.64. The average molecular weight is 457 g/mol. The first-order chi connectivity index (χ1) is 15.5. The molecule has 3 aromatic rings. The molecule has 0 amide bonds. The summed E-state index contributed by atoms with van der Waals surface area (Å²) in [6, 6.07) is 8.25. The summed E-state index contributed by atoms with van der Waals surface area (Å²) in [5.41, 5.74) is 1.06. The Morgan fingerprint density at radius 1 is 0.875 bits per heavy atom. The number of rotatable bonds is 8. The number of anilines is 1. The number of hydrogen-bond donors (Lipinski definition) is 0. The molecule has 4 rings (SSSR count). The van der Waals surface area contributed by atoms with Crippen molar-refractivity contribution in [2.75, 3.05) is 36.8 Å². The van der Waals surface area contributed by atoms with Crippen LogP contribution < -0.4 is 4.90 Å². The molecule has 0 bridgehead atoms. The van der Waals surface area contributed by atoms with Crippen LogP contribution in [-0.2, 0) is 16.4 Å². The largest absolute Gasteiger partial charge is 0.338 e. The fourth-order valence-corrected chi connectivity index (χ4v) is 5.19. The summed E-state index contributed by atoms with van der Waals surface area (Å²) < 4.78 is 40.9. The predicted molar refractivity (Wildman–Crippen MR) is 120 cm³/mol. The van der Waals surface area contributed by atoms with Crippen molar-refractivity contribution in [3.63, 3.8) is 0 Å². The number of aryl methyl sites for hydroxylation is 1. The lowest BCUT2D eigenvalue weighted by molar-refractivity contribution is 0.381. The van der Waals surface area contributed by atoms with Gasteiger partial charge in [0.15, 0.2) is 0 Å². The van der Waals surface area contributed by atoms with Crippen molar-refractivity contribution in [2.45, 2.75) is 19.3 Å². The second-order valence-electron chi connectivity index (χ2n) is 7.58. The van der Waals surface area contributed by atoms with Crippen LogP contribution in [0.4, 0.5) is 10.3 Å². The quantitative estimate of drug-likeness (QED) is 0.481. The minimum absolute atomic E-state index is 0.119. The molecule has 8 nitrogen and oxygen atoms in total. The Labute approximate surface area is 187 Å². The van der Waals surface area contributed by atoms with Gasteiger partial charge < -0.3 is 4.90 Å². The first-order valence-corrected chi connectivity index (χ1v) is 12.2. The molecule has 1 aliphatic rings. The molecule has 0 radical (unpaired) electrons. The summed E-state index contributed by atoms with van der Waals surface area (Å²) in [5, 5.41) is 0. The summed E-state index contributed by atoms with van der Waals surface area (Å²) in [4.78, 5) is 19.0. The van der Waals surface area contributed by atoms with E-state index < -0.39 is 10.0 Å². The number of nitrogens with zero attached hydrogens (tertiary/aromatic N) is 6. The molecule has 168 valence electrons. The number of hydrogen-bond acceptors (Lipinski definition) is 7. The molecular weight excluding hydrogens is 431 g/mol. The van der Waals surface area contributed by atoms with E-state index in [2.05, 4.69) is 19.9 Å². The Kier molecular flexibility index (Phi) is 7.01. The summed E-state index contributed by atoms with van der Waals surface area (Å²) in [6.07, 6.45) is 8.54. The number of halogens is 1. The van der Waals surface area contributed by atoms with E-state index in [1.807, 2.05) is 4.90 Å². The van der Waals surface area contributed by atoms with E-state index in [4.69, 9.17) is 0 Å². The molecule has 0 saturated carbocycles. The van der Waals surface area contributed by atoms with E-state index in [1.54, 1.807) is 49.1 Å². The molecule has 32 heavy (non-hydrogen) atoms. The van der Waals surface area contributed by atoms with Crippen molar-refractivity contribution in [2.24, 2.45) is 0 Å². The third-order valence-electron chi connectivity index (χ3n) is 5.41. The van der Waals surface area contributed by atoms with E-state index in [-0.39, 0.29) is 11.6 Å². The number of benzene rings is 1. The predicted octanol–water partition coefficient (Wildman–Crippen LogP) is 2.55. The van der Waals surface area contributed by atoms with Gasteiger partial charge in [-0.15, -0.1) is 0 Å². The monoisotopic (exact) mass is 456 g/mol. The molecule has 0 atom stereocenters. The van der Waals surface area contributed by atoms with Crippen LogP contribution >= 0.6 is 0 Å². The van der Waals surface area contributed by atoms with E-state index in [9.17, 15) is 12.8 Å². The van der Waals surface area contributed by atoms with Crippen LogP contribution in [0.25, 0.3) is 11.1 Å². The highest BCUT2D eigenvalue weighted by Crippen LogP contribution is 2.22. The molecular formula is C22H25FN6O2S. The van der Waals surface area contributed by atoms with Crippen molar-refractivity contribution >= 4 is 16.0 Å². The summed E-state index contributed by atoms with van der Waals surface area (Å²) in [6.45, 7) is 1.80. The Morgan fingerprint density at radius 3 is 2.25 bits per heavy atom. The normalized spacial score (nSPS) is 15.1. The maximum atomic E-state index is 13.9. The summed E-state index contributed by atoms with van der Waals surface area (Å²) in [5.74, 6) is 1.05. The third-order valence-corrected chi connectivity index (χ3v) is 7.37.